The van der Waals surface area contributed by atoms with Crippen LogP contribution in [0.1, 0.15) is 61.8 Å². The Morgan fingerprint density at radius 3 is 2.40 bits per heavy atom. The number of aryl methyl sites for hydroxylation is 3. The van der Waals surface area contributed by atoms with Crippen LogP contribution in [0.15, 0.2) is 18.5 Å². The van der Waals surface area contributed by atoms with Crippen LogP contribution < -0.4 is 14.3 Å². The molecule has 5 rings (SSSR count). The quantitative estimate of drug-likeness (QED) is 0.601. The Hall–Kier alpha value is -1.59. The Kier molecular flexibility index (Phi) is 7.60. The maximum absolute atomic E-state index is 13.6. The van der Waals surface area contributed by atoms with Gasteiger partial charge in [0.05, 0.1) is 23.5 Å². The fourth-order valence-corrected chi connectivity index (χ4v) is 7.07. The van der Waals surface area contributed by atoms with Crippen molar-refractivity contribution in [1.82, 2.24) is 14.5 Å². The third-order valence-corrected chi connectivity index (χ3v) is 8.61. The first-order valence-electron chi connectivity index (χ1n) is 12.1. The van der Waals surface area contributed by atoms with Crippen molar-refractivity contribution in [2.24, 2.45) is 7.05 Å². The molecule has 1 unspecified atom stereocenters. The third kappa shape index (κ3) is 5.41. The molecule has 1 aromatic heterocycles. The number of hydrogen-bond donors (Lipinski definition) is 2. The summed E-state index contributed by atoms with van der Waals surface area (Å²) in [7, 11) is -2.46. The van der Waals surface area contributed by atoms with Gasteiger partial charge in [-0.15, -0.1) is 0 Å². The van der Waals surface area contributed by atoms with Crippen molar-refractivity contribution in [3.63, 3.8) is 0 Å². The summed E-state index contributed by atoms with van der Waals surface area (Å²) < 4.78 is 38.1. The molecule has 0 saturated carbocycles. The number of urea groups is 1. The van der Waals surface area contributed by atoms with Gasteiger partial charge in [-0.2, -0.15) is 13.5 Å². The average molecular weight is 512 g/mol. The molecule has 0 spiro atoms. The van der Waals surface area contributed by atoms with Crippen LogP contribution in [0.3, 0.4) is 0 Å². The molecule has 0 radical (unpaired) electrons. The van der Waals surface area contributed by atoms with E-state index in [0.29, 0.717) is 25.1 Å². The number of nitrogens with one attached hydrogen (secondary N) is 2. The van der Waals surface area contributed by atoms with Crippen molar-refractivity contribution >= 4 is 57.2 Å². The Balaban J connectivity index is 0.00000289. The van der Waals surface area contributed by atoms with Crippen molar-refractivity contribution in [3.8, 4) is 0 Å². The predicted molar refractivity (Wildman–Crippen MR) is 137 cm³/mol. The van der Waals surface area contributed by atoms with E-state index in [4.69, 9.17) is 4.74 Å². The van der Waals surface area contributed by atoms with Gasteiger partial charge in [-0.1, -0.05) is 6.07 Å². The molecular weight excluding hydrogens is 477 g/mol. The zero-order valence-corrected chi connectivity index (χ0v) is 20.9. The van der Waals surface area contributed by atoms with Gasteiger partial charge in [-0.05, 0) is 87.5 Å². The fourth-order valence-electron chi connectivity index (χ4n) is 5.74. The summed E-state index contributed by atoms with van der Waals surface area (Å²) >= 11 is 0. The number of rotatable bonds is 5. The normalized spacial score (nSPS) is 20.5. The number of fused-ring (bicyclic) bond motifs is 2. The number of hydrogen-bond acceptors (Lipinski definition) is 5. The van der Waals surface area contributed by atoms with Crippen molar-refractivity contribution in [1.29, 1.82) is 0 Å². The molecule has 1 aliphatic heterocycles. The number of carbonyl (C=O) groups is 1. The van der Waals surface area contributed by atoms with Crippen molar-refractivity contribution < 1.29 is 17.9 Å². The molecule has 3 aliphatic rings. The van der Waals surface area contributed by atoms with Crippen LogP contribution in [-0.2, 0) is 47.7 Å². The summed E-state index contributed by atoms with van der Waals surface area (Å²) in [6.07, 6.45) is 10.1. The van der Waals surface area contributed by atoms with E-state index in [1.54, 1.807) is 17.9 Å². The first-order chi connectivity index (χ1) is 16.1. The molecule has 35 heavy (non-hydrogen) atoms. The van der Waals surface area contributed by atoms with Gasteiger partial charge >= 0.3 is 45.8 Å². The van der Waals surface area contributed by atoms with Crippen LogP contribution in [0.2, 0.25) is 0 Å². The zero-order chi connectivity index (χ0) is 24.1. The van der Waals surface area contributed by atoms with E-state index in [1.807, 2.05) is 13.8 Å². The number of nitrogens with zero attached hydrogens (tertiary/aromatic N) is 3. The molecule has 1 atom stereocenters. The van der Waals surface area contributed by atoms with Crippen molar-refractivity contribution in [2.75, 3.05) is 16.2 Å². The van der Waals surface area contributed by atoms with Crippen LogP contribution in [0.4, 0.5) is 16.2 Å². The van der Waals surface area contributed by atoms with Gasteiger partial charge in [0, 0.05) is 25.5 Å². The van der Waals surface area contributed by atoms with E-state index < -0.39 is 21.8 Å². The maximum atomic E-state index is 13.6. The van der Waals surface area contributed by atoms with E-state index in [2.05, 4.69) is 21.2 Å². The number of anilines is 2. The topological polar surface area (TPSA) is 106 Å². The molecule has 2 amide bonds. The van der Waals surface area contributed by atoms with Gasteiger partial charge in [0.2, 0.25) is 0 Å². The summed E-state index contributed by atoms with van der Waals surface area (Å²) in [6.45, 7) is 4.34. The molecule has 1 aromatic carbocycles. The average Bonchev–Trinajstić information content (AvgIpc) is 3.47. The minimum absolute atomic E-state index is 0. The monoisotopic (exact) mass is 511 g/mol. The van der Waals surface area contributed by atoms with Crippen LogP contribution in [-0.4, -0.2) is 72.0 Å². The van der Waals surface area contributed by atoms with Gasteiger partial charge in [-0.25, -0.2) is 13.8 Å². The molecule has 1 fully saturated rings. The number of aromatic nitrogens is 2. The molecule has 2 N–H and O–H groups in total. The van der Waals surface area contributed by atoms with E-state index in [-0.39, 0.29) is 35.6 Å². The third-order valence-electron chi connectivity index (χ3n) is 7.14. The van der Waals surface area contributed by atoms with Crippen LogP contribution >= 0.6 is 0 Å². The van der Waals surface area contributed by atoms with Gasteiger partial charge in [-0.3, -0.25) is 4.68 Å². The zero-order valence-electron chi connectivity index (χ0n) is 20.1. The Morgan fingerprint density at radius 2 is 1.83 bits per heavy atom. The second kappa shape index (κ2) is 10.0. The molecule has 9 nitrogen and oxygen atoms in total. The van der Waals surface area contributed by atoms with E-state index in [9.17, 15) is 13.2 Å². The first kappa shape index (κ1) is 26.5. The minimum atomic E-state index is -4.20. The molecular formula is C24H34N5NaO4S. The molecule has 2 heterocycles. The van der Waals surface area contributed by atoms with Crippen LogP contribution in [0.5, 0.6) is 0 Å². The molecule has 2 aromatic rings. The number of carbonyl (C=O) groups excluding carboxylic acids is 1. The van der Waals surface area contributed by atoms with Crippen LogP contribution in [0.25, 0.3) is 0 Å². The second-order valence-electron chi connectivity index (χ2n) is 10.2. The van der Waals surface area contributed by atoms with Gasteiger partial charge in [0.25, 0.3) is 0 Å². The summed E-state index contributed by atoms with van der Waals surface area (Å²) in [5.74, 6) is 0. The van der Waals surface area contributed by atoms with Crippen molar-refractivity contribution in [2.45, 2.75) is 76.9 Å². The van der Waals surface area contributed by atoms with Gasteiger partial charge in [0.1, 0.15) is 0 Å². The molecule has 11 heteroatoms. The number of benzene rings is 1. The van der Waals surface area contributed by atoms with E-state index in [1.165, 1.54) is 21.6 Å². The van der Waals surface area contributed by atoms with Crippen molar-refractivity contribution in [3.05, 3.63) is 40.7 Å². The Labute approximate surface area is 229 Å². The second-order valence-corrected chi connectivity index (χ2v) is 11.8. The van der Waals surface area contributed by atoms with Crippen LogP contribution in [0, 0.1) is 0 Å². The summed E-state index contributed by atoms with van der Waals surface area (Å²) in [4.78, 5) is 13.1. The SMILES string of the molecule is Cn1cc(N(C2CCOC(C)(C)C2)S(=O)(=O)NC(=O)Nc2c3c(cc4c2CCC4)CCC3)cn1.[NaH]. The molecule has 0 bridgehead atoms. The van der Waals surface area contributed by atoms with Gasteiger partial charge < -0.3 is 10.1 Å². The standard InChI is InChI=1S/C24H33N5O4S.Na.H/c1-24(2)13-18(10-11-33-24)29(19-14-25-28(3)15-19)34(31,32)27-23(30)26-22-20-8-4-6-16(20)12-17-7-5-9-21(17)22;;/h12,14-15,18H,4-11,13H2,1-3H3,(H2,26,27,30);;. The molecule has 186 valence electrons. The fraction of sp³-hybridized carbons (Fsp3) is 0.583. The Bertz CT molecular complexity index is 1190. The predicted octanol–water partition coefficient (Wildman–Crippen LogP) is 2.58. The number of amides is 2. The Morgan fingerprint density at radius 1 is 1.17 bits per heavy atom. The summed E-state index contributed by atoms with van der Waals surface area (Å²) in [5, 5.41) is 7.09. The van der Waals surface area contributed by atoms with Gasteiger partial charge in [0.15, 0.2) is 0 Å². The molecule has 2 aliphatic carbocycles. The summed E-state index contributed by atoms with van der Waals surface area (Å²) in [5.41, 5.74) is 5.64. The number of ether oxygens (including phenoxy) is 1. The van der Waals surface area contributed by atoms with E-state index in [0.717, 1.165) is 55.3 Å². The first-order valence-corrected chi connectivity index (χ1v) is 13.5. The summed E-state index contributed by atoms with van der Waals surface area (Å²) in [6, 6.07) is 1.19. The molecule has 1 saturated heterocycles. The van der Waals surface area contributed by atoms with E-state index >= 15 is 0 Å².